The minimum Gasteiger partial charge on any atom is -0.316 e. The number of hydrogen-bond acceptors (Lipinski definition) is 4. The van der Waals surface area contributed by atoms with E-state index in [1.807, 2.05) is 0 Å². The van der Waals surface area contributed by atoms with E-state index >= 15 is 0 Å². The van der Waals surface area contributed by atoms with E-state index in [1.54, 1.807) is 13.1 Å². The zero-order valence-corrected chi connectivity index (χ0v) is 11.4. The van der Waals surface area contributed by atoms with E-state index in [0.29, 0.717) is 17.1 Å². The summed E-state index contributed by atoms with van der Waals surface area (Å²) in [5.74, 6) is 0. The molecule has 1 N–H and O–H groups in total. The van der Waals surface area contributed by atoms with Gasteiger partial charge in [0.15, 0.2) is 0 Å². The van der Waals surface area contributed by atoms with Crippen LogP contribution in [0.5, 0.6) is 0 Å². The van der Waals surface area contributed by atoms with Gasteiger partial charge in [-0.25, -0.2) is 4.98 Å². The molecule has 106 valence electrons. The molecule has 0 amide bonds. The number of hydrogen-bond donors (Lipinski definition) is 1. The highest BCUT2D eigenvalue weighted by atomic mass is 32.2. The van der Waals surface area contributed by atoms with Crippen LogP contribution in [0.1, 0.15) is 11.1 Å². The lowest BCUT2D eigenvalue weighted by atomic mass is 10.1. The SMILES string of the molecule is CNCc1ccc(Sc2cnccn2)c(C(F)(F)F)c1. The molecule has 0 unspecified atom stereocenters. The number of benzene rings is 1. The predicted octanol–water partition coefficient (Wildman–Crippen LogP) is 3.37. The second-order valence-corrected chi connectivity index (χ2v) is 5.07. The molecule has 1 aromatic carbocycles. The summed E-state index contributed by atoms with van der Waals surface area (Å²) in [5.41, 5.74) is -0.0655. The third kappa shape index (κ3) is 3.71. The van der Waals surface area contributed by atoms with Crippen LogP contribution < -0.4 is 5.32 Å². The Morgan fingerprint density at radius 2 is 2.05 bits per heavy atom. The van der Waals surface area contributed by atoms with Crippen molar-refractivity contribution in [3.05, 3.63) is 47.9 Å². The van der Waals surface area contributed by atoms with Crippen molar-refractivity contribution in [2.24, 2.45) is 0 Å². The summed E-state index contributed by atoms with van der Waals surface area (Å²) < 4.78 is 39.3. The molecule has 1 heterocycles. The van der Waals surface area contributed by atoms with Crippen LogP contribution >= 0.6 is 11.8 Å². The lowest BCUT2D eigenvalue weighted by Gasteiger charge is -2.13. The first-order valence-electron chi connectivity index (χ1n) is 5.79. The molecule has 0 aliphatic carbocycles. The Hall–Kier alpha value is -1.60. The Balaban J connectivity index is 2.37. The quantitative estimate of drug-likeness (QED) is 0.939. The topological polar surface area (TPSA) is 37.8 Å². The van der Waals surface area contributed by atoms with E-state index in [0.717, 1.165) is 17.8 Å². The van der Waals surface area contributed by atoms with E-state index in [4.69, 9.17) is 0 Å². The molecular formula is C13H12F3N3S. The molecule has 2 rings (SSSR count). The average Bonchev–Trinajstić information content (AvgIpc) is 2.41. The van der Waals surface area contributed by atoms with Crippen molar-refractivity contribution >= 4 is 11.8 Å². The normalized spacial score (nSPS) is 11.6. The molecule has 0 bridgehead atoms. The van der Waals surface area contributed by atoms with Gasteiger partial charge in [-0.15, -0.1) is 0 Å². The van der Waals surface area contributed by atoms with Crippen LogP contribution in [-0.2, 0) is 12.7 Å². The zero-order chi connectivity index (χ0) is 14.6. The number of nitrogens with one attached hydrogen (secondary N) is 1. The van der Waals surface area contributed by atoms with Gasteiger partial charge in [-0.2, -0.15) is 13.2 Å². The third-order valence-corrected chi connectivity index (χ3v) is 3.48. The van der Waals surface area contributed by atoms with Crippen LogP contribution in [0.25, 0.3) is 0 Å². The number of aromatic nitrogens is 2. The monoisotopic (exact) mass is 299 g/mol. The van der Waals surface area contributed by atoms with Gasteiger partial charge in [-0.1, -0.05) is 17.8 Å². The van der Waals surface area contributed by atoms with Gasteiger partial charge in [0.2, 0.25) is 0 Å². The van der Waals surface area contributed by atoms with Crippen molar-refractivity contribution in [2.75, 3.05) is 7.05 Å². The molecule has 0 radical (unpaired) electrons. The first kappa shape index (κ1) is 14.8. The van der Waals surface area contributed by atoms with E-state index in [9.17, 15) is 13.2 Å². The Morgan fingerprint density at radius 3 is 2.65 bits per heavy atom. The molecule has 0 saturated heterocycles. The second kappa shape index (κ2) is 6.23. The number of rotatable bonds is 4. The van der Waals surface area contributed by atoms with E-state index in [2.05, 4.69) is 15.3 Å². The standard InChI is InChI=1S/C13H12F3N3S/c1-17-7-9-2-3-11(10(6-9)13(14,15)16)20-12-8-18-4-5-19-12/h2-6,8,17H,7H2,1H3. The Morgan fingerprint density at radius 1 is 1.25 bits per heavy atom. The largest absolute Gasteiger partial charge is 0.417 e. The fourth-order valence-corrected chi connectivity index (χ4v) is 2.53. The molecule has 0 aliphatic rings. The van der Waals surface area contributed by atoms with Crippen LogP contribution in [0, 0.1) is 0 Å². The van der Waals surface area contributed by atoms with Crippen molar-refractivity contribution in [3.8, 4) is 0 Å². The van der Waals surface area contributed by atoms with Gasteiger partial charge in [0.25, 0.3) is 0 Å². The van der Waals surface area contributed by atoms with Crippen LogP contribution in [0.3, 0.4) is 0 Å². The molecule has 0 saturated carbocycles. The molecule has 2 aromatic rings. The first-order valence-corrected chi connectivity index (χ1v) is 6.61. The summed E-state index contributed by atoms with van der Waals surface area (Å²) in [6.07, 6.45) is -0.0314. The molecule has 7 heteroatoms. The van der Waals surface area contributed by atoms with Gasteiger partial charge in [-0.05, 0) is 24.7 Å². The zero-order valence-electron chi connectivity index (χ0n) is 10.6. The van der Waals surface area contributed by atoms with E-state index in [-0.39, 0.29) is 4.90 Å². The average molecular weight is 299 g/mol. The lowest BCUT2D eigenvalue weighted by Crippen LogP contribution is -2.10. The molecule has 0 spiro atoms. The van der Waals surface area contributed by atoms with Gasteiger partial charge in [0.1, 0.15) is 5.03 Å². The van der Waals surface area contributed by atoms with Crippen molar-refractivity contribution in [3.63, 3.8) is 0 Å². The fraction of sp³-hybridized carbons (Fsp3) is 0.231. The van der Waals surface area contributed by atoms with Gasteiger partial charge >= 0.3 is 6.18 Å². The summed E-state index contributed by atoms with van der Waals surface area (Å²) >= 11 is 0.954. The molecule has 1 aromatic heterocycles. The molecular weight excluding hydrogens is 287 g/mol. The van der Waals surface area contributed by atoms with Crippen molar-refractivity contribution in [1.29, 1.82) is 0 Å². The minimum absolute atomic E-state index is 0.123. The molecule has 0 aliphatic heterocycles. The van der Waals surface area contributed by atoms with E-state index in [1.165, 1.54) is 24.7 Å². The van der Waals surface area contributed by atoms with Crippen LogP contribution in [-0.4, -0.2) is 17.0 Å². The van der Waals surface area contributed by atoms with Gasteiger partial charge in [0.05, 0.1) is 11.8 Å². The van der Waals surface area contributed by atoms with Crippen LogP contribution in [0.15, 0.2) is 46.7 Å². The predicted molar refractivity (Wildman–Crippen MR) is 70.4 cm³/mol. The summed E-state index contributed by atoms with van der Waals surface area (Å²) in [6, 6.07) is 4.30. The first-order chi connectivity index (χ1) is 9.50. The van der Waals surface area contributed by atoms with Gasteiger partial charge in [-0.3, -0.25) is 4.98 Å². The maximum Gasteiger partial charge on any atom is 0.417 e. The smallest absolute Gasteiger partial charge is 0.316 e. The Kier molecular flexibility index (Phi) is 4.61. The Labute approximate surface area is 118 Å². The maximum absolute atomic E-state index is 13.1. The second-order valence-electron chi connectivity index (χ2n) is 4.00. The van der Waals surface area contributed by atoms with Gasteiger partial charge in [0, 0.05) is 23.8 Å². The summed E-state index contributed by atoms with van der Waals surface area (Å²) in [5, 5.41) is 3.27. The highest BCUT2D eigenvalue weighted by Gasteiger charge is 2.34. The molecule has 20 heavy (non-hydrogen) atoms. The van der Waals surface area contributed by atoms with Crippen LogP contribution in [0.2, 0.25) is 0 Å². The minimum atomic E-state index is -4.39. The van der Waals surface area contributed by atoms with E-state index < -0.39 is 11.7 Å². The summed E-state index contributed by atoms with van der Waals surface area (Å²) in [6.45, 7) is 0.388. The molecule has 0 atom stereocenters. The van der Waals surface area contributed by atoms with Crippen molar-refractivity contribution in [1.82, 2.24) is 15.3 Å². The van der Waals surface area contributed by atoms with Crippen molar-refractivity contribution < 1.29 is 13.2 Å². The van der Waals surface area contributed by atoms with Gasteiger partial charge < -0.3 is 5.32 Å². The van der Waals surface area contributed by atoms with Crippen LogP contribution in [0.4, 0.5) is 13.2 Å². The molecule has 3 nitrogen and oxygen atoms in total. The number of nitrogens with zero attached hydrogens (tertiary/aromatic N) is 2. The van der Waals surface area contributed by atoms with Crippen molar-refractivity contribution in [2.45, 2.75) is 22.6 Å². The Bertz CT molecular complexity index is 573. The maximum atomic E-state index is 13.1. The summed E-state index contributed by atoms with van der Waals surface area (Å²) in [4.78, 5) is 7.94. The summed E-state index contributed by atoms with van der Waals surface area (Å²) in [7, 11) is 1.69. The highest BCUT2D eigenvalue weighted by molar-refractivity contribution is 7.99. The number of halogens is 3. The highest BCUT2D eigenvalue weighted by Crippen LogP contribution is 2.39. The lowest BCUT2D eigenvalue weighted by molar-refractivity contribution is -0.139. The fourth-order valence-electron chi connectivity index (χ4n) is 1.65. The molecule has 0 fully saturated rings. The third-order valence-electron chi connectivity index (χ3n) is 2.48. The number of alkyl halides is 3.